The highest BCUT2D eigenvalue weighted by molar-refractivity contribution is 9.15. The molecule has 0 radical (unpaired) electrons. The molecule has 28 heavy (non-hydrogen) atoms. The van der Waals surface area contributed by atoms with Crippen LogP contribution < -0.4 is 15.9 Å². The molecule has 0 saturated heterocycles. The molecule has 0 N–H and O–H groups in total. The molecule has 0 nitrogen and oxygen atoms in total. The number of rotatable bonds is 4. The summed E-state index contributed by atoms with van der Waals surface area (Å²) in [7, 11) is -1.99. The van der Waals surface area contributed by atoms with Crippen molar-refractivity contribution < 1.29 is 0 Å². The number of hydrogen-bond acceptors (Lipinski definition) is 0. The second-order valence-corrected chi connectivity index (χ2v) is 15.4. The van der Waals surface area contributed by atoms with E-state index in [-0.39, 0.29) is 0 Å². The molecule has 3 rings (SSSR count). The Kier molecular flexibility index (Phi) is 8.12. The summed E-state index contributed by atoms with van der Waals surface area (Å²) >= 11 is 22.6. The number of benzene rings is 3. The van der Waals surface area contributed by atoms with Crippen LogP contribution in [0.15, 0.2) is 81.4 Å². The van der Waals surface area contributed by atoms with Gasteiger partial charge in [-0.05, 0) is 146 Å². The predicted octanol–water partition coefficient (Wildman–Crippen LogP) is 8.96. The summed E-state index contributed by atoms with van der Waals surface area (Å²) in [5.41, 5.74) is 0.392. The smallest absolute Gasteiger partial charge is 0.0620 e. The molecule has 0 bridgehead atoms. The molecule has 3 aromatic rings. The van der Waals surface area contributed by atoms with Crippen molar-refractivity contribution in [2.45, 2.75) is 19.5 Å². The van der Waals surface area contributed by atoms with Gasteiger partial charge < -0.3 is 0 Å². The fraction of sp³-hybridized carbons (Fsp3) is 0.143. The molecule has 0 fully saturated rings. The summed E-state index contributed by atoms with van der Waals surface area (Å²) < 4.78 is 6.34. The lowest BCUT2D eigenvalue weighted by molar-refractivity contribution is 1.09. The van der Waals surface area contributed by atoms with E-state index in [0.717, 1.165) is 26.8 Å². The SMILES string of the molecule is CC(C)[P+](c1ccccc1)(c1ccc(Br)c(Br)c1Br)c1ccc(Br)c(Br)c1Br. The zero-order chi connectivity index (χ0) is 20.6. The summed E-state index contributed by atoms with van der Waals surface area (Å²) in [6.45, 7) is 4.65. The first kappa shape index (κ1) is 23.6. The van der Waals surface area contributed by atoms with E-state index in [2.05, 4.69) is 164 Å². The average Bonchev–Trinajstić information content (AvgIpc) is 2.68. The molecule has 0 spiro atoms. The Balaban J connectivity index is 2.52. The number of halogens is 6. The Labute approximate surface area is 217 Å². The van der Waals surface area contributed by atoms with Crippen LogP contribution in [-0.4, -0.2) is 5.66 Å². The standard InChI is InChI=1S/C21H16Br6P/c1-12(2)28(13-6-4-3-5-7-13,16-10-8-14(22)18(24)20(16)26)17-11-9-15(23)19(25)21(17)27/h3-12H,1-2H3/q+1. The zero-order valence-electron chi connectivity index (χ0n) is 15.0. The van der Waals surface area contributed by atoms with Crippen LogP contribution in [-0.2, 0) is 0 Å². The average molecular weight is 779 g/mol. The lowest BCUT2D eigenvalue weighted by Crippen LogP contribution is -2.38. The molecule has 3 aromatic carbocycles. The van der Waals surface area contributed by atoms with Gasteiger partial charge in [-0.2, -0.15) is 0 Å². The lowest BCUT2D eigenvalue weighted by atomic mass is 10.3. The Morgan fingerprint density at radius 1 is 0.571 bits per heavy atom. The van der Waals surface area contributed by atoms with Crippen LogP contribution in [0, 0.1) is 0 Å². The van der Waals surface area contributed by atoms with Gasteiger partial charge in [0.1, 0.15) is 23.2 Å². The molecule has 0 atom stereocenters. The first-order chi connectivity index (χ1) is 13.2. The molecule has 146 valence electrons. The molecule has 0 aliphatic heterocycles. The van der Waals surface area contributed by atoms with Gasteiger partial charge in [0, 0.05) is 17.9 Å². The van der Waals surface area contributed by atoms with Gasteiger partial charge in [-0.15, -0.1) is 0 Å². The fourth-order valence-electron chi connectivity index (χ4n) is 3.50. The van der Waals surface area contributed by atoms with Gasteiger partial charge in [-0.25, -0.2) is 0 Å². The van der Waals surface area contributed by atoms with Gasteiger partial charge in [0.25, 0.3) is 0 Å². The highest BCUT2D eigenvalue weighted by atomic mass is 79.9. The first-order valence-electron chi connectivity index (χ1n) is 8.45. The molecule has 0 saturated carbocycles. The van der Waals surface area contributed by atoms with Crippen LogP contribution >= 0.6 is 103 Å². The molecule has 7 heteroatoms. The third-order valence-electron chi connectivity index (χ3n) is 4.73. The van der Waals surface area contributed by atoms with Crippen LogP contribution in [0.2, 0.25) is 0 Å². The second-order valence-electron chi connectivity index (χ2n) is 6.54. The Hall–Kier alpha value is 0.970. The van der Waals surface area contributed by atoms with E-state index >= 15 is 0 Å². The van der Waals surface area contributed by atoms with Gasteiger partial charge in [-0.3, -0.25) is 0 Å². The van der Waals surface area contributed by atoms with E-state index in [1.54, 1.807) is 0 Å². The summed E-state index contributed by atoms with van der Waals surface area (Å²) in [6, 6.07) is 19.6. The monoisotopic (exact) mass is 773 g/mol. The zero-order valence-corrected chi connectivity index (χ0v) is 25.4. The quantitative estimate of drug-likeness (QED) is 0.183. The predicted molar refractivity (Wildman–Crippen MR) is 146 cm³/mol. The molecule has 0 aromatic heterocycles. The molecular weight excluding hydrogens is 763 g/mol. The van der Waals surface area contributed by atoms with E-state index in [1.807, 2.05) is 0 Å². The third kappa shape index (κ3) is 4.06. The summed E-state index contributed by atoms with van der Waals surface area (Å²) in [5.74, 6) is 0. The Morgan fingerprint density at radius 2 is 1.00 bits per heavy atom. The van der Waals surface area contributed by atoms with Gasteiger partial charge in [0.2, 0.25) is 0 Å². The highest BCUT2D eigenvalue weighted by Gasteiger charge is 2.51. The maximum atomic E-state index is 3.90. The third-order valence-corrected chi connectivity index (χ3v) is 17.0. The van der Waals surface area contributed by atoms with E-state index < -0.39 is 7.26 Å². The van der Waals surface area contributed by atoms with Crippen LogP contribution in [0.3, 0.4) is 0 Å². The van der Waals surface area contributed by atoms with E-state index in [0.29, 0.717) is 5.66 Å². The highest BCUT2D eigenvalue weighted by Crippen LogP contribution is 2.63. The van der Waals surface area contributed by atoms with Crippen LogP contribution in [0.5, 0.6) is 0 Å². The van der Waals surface area contributed by atoms with Gasteiger partial charge in [-0.1, -0.05) is 18.2 Å². The molecule has 0 unspecified atom stereocenters. The van der Waals surface area contributed by atoms with Crippen molar-refractivity contribution in [1.29, 1.82) is 0 Å². The first-order valence-corrected chi connectivity index (χ1v) is 15.1. The molecule has 0 heterocycles. The van der Waals surface area contributed by atoms with E-state index in [9.17, 15) is 0 Å². The van der Waals surface area contributed by atoms with Crippen molar-refractivity contribution in [2.75, 3.05) is 0 Å². The topological polar surface area (TPSA) is 0 Å². The summed E-state index contributed by atoms with van der Waals surface area (Å²) in [5, 5.41) is 3.99. The van der Waals surface area contributed by atoms with Crippen LogP contribution in [0.25, 0.3) is 0 Å². The van der Waals surface area contributed by atoms with E-state index in [1.165, 1.54) is 15.9 Å². The minimum atomic E-state index is -1.99. The minimum Gasteiger partial charge on any atom is -0.0620 e. The number of hydrogen-bond donors (Lipinski definition) is 0. The van der Waals surface area contributed by atoms with Gasteiger partial charge in [0.05, 0.1) is 14.6 Å². The fourth-order valence-corrected chi connectivity index (χ4v) is 12.7. The molecular formula is C21H16Br6P+. The van der Waals surface area contributed by atoms with Crippen molar-refractivity contribution in [3.05, 3.63) is 81.4 Å². The van der Waals surface area contributed by atoms with Crippen LogP contribution in [0.1, 0.15) is 13.8 Å². The van der Waals surface area contributed by atoms with E-state index in [4.69, 9.17) is 0 Å². The lowest BCUT2D eigenvalue weighted by Gasteiger charge is -2.33. The summed E-state index contributed by atoms with van der Waals surface area (Å²) in [6.07, 6.45) is 0. The van der Waals surface area contributed by atoms with Crippen molar-refractivity contribution >= 4 is 119 Å². The Bertz CT molecular complexity index is 960. The van der Waals surface area contributed by atoms with Crippen molar-refractivity contribution in [2.24, 2.45) is 0 Å². The Morgan fingerprint density at radius 3 is 1.39 bits per heavy atom. The maximum absolute atomic E-state index is 3.90. The largest absolute Gasteiger partial charge is 0.120 e. The molecule has 0 amide bonds. The van der Waals surface area contributed by atoms with Crippen molar-refractivity contribution in [3.8, 4) is 0 Å². The minimum absolute atomic E-state index is 0.392. The normalized spacial score (nSPS) is 11.9. The van der Waals surface area contributed by atoms with Crippen molar-refractivity contribution in [3.63, 3.8) is 0 Å². The van der Waals surface area contributed by atoms with Crippen LogP contribution in [0.4, 0.5) is 0 Å². The summed E-state index contributed by atoms with van der Waals surface area (Å²) in [4.78, 5) is 0. The molecule has 0 aliphatic rings. The van der Waals surface area contributed by atoms with Gasteiger partial charge in [0.15, 0.2) is 0 Å². The molecule has 0 aliphatic carbocycles. The van der Waals surface area contributed by atoms with Crippen molar-refractivity contribution in [1.82, 2.24) is 0 Å². The maximum Gasteiger partial charge on any atom is 0.120 e. The second kappa shape index (κ2) is 9.63. The van der Waals surface area contributed by atoms with Gasteiger partial charge >= 0.3 is 0 Å².